The Hall–Kier alpha value is -3.16. The number of hydrogen-bond acceptors (Lipinski definition) is 6. The third-order valence-electron chi connectivity index (χ3n) is 5.85. The van der Waals surface area contributed by atoms with Crippen molar-refractivity contribution in [1.82, 2.24) is 15.1 Å². The molecule has 2 aliphatic rings. The molecule has 2 aromatic rings. The molecule has 0 spiro atoms. The predicted octanol–water partition coefficient (Wildman–Crippen LogP) is 2.13. The molecule has 0 saturated carbocycles. The van der Waals surface area contributed by atoms with Crippen molar-refractivity contribution in [3.8, 4) is 11.8 Å². The van der Waals surface area contributed by atoms with Gasteiger partial charge in [0, 0.05) is 43.8 Å². The first-order valence-corrected chi connectivity index (χ1v) is 10.2. The number of anilines is 1. The number of aryl methyl sites for hydroxylation is 2. The van der Waals surface area contributed by atoms with Crippen molar-refractivity contribution < 1.29 is 19.1 Å². The van der Waals surface area contributed by atoms with Crippen LogP contribution in [0.2, 0.25) is 0 Å². The summed E-state index contributed by atoms with van der Waals surface area (Å²) in [4.78, 5) is 29.1. The summed E-state index contributed by atoms with van der Waals surface area (Å²) in [5.41, 5.74) is 3.18. The van der Waals surface area contributed by atoms with E-state index in [-0.39, 0.29) is 30.3 Å². The number of carbonyl (C=O) groups excluding carboxylic acids is 2. The zero-order valence-corrected chi connectivity index (χ0v) is 17.5. The van der Waals surface area contributed by atoms with E-state index in [1.165, 1.54) is 12.7 Å². The molecule has 2 saturated heterocycles. The first-order chi connectivity index (χ1) is 14.4. The summed E-state index contributed by atoms with van der Waals surface area (Å²) < 4.78 is 10.8. The van der Waals surface area contributed by atoms with Crippen LogP contribution in [0.4, 0.5) is 5.69 Å². The van der Waals surface area contributed by atoms with Crippen molar-refractivity contribution >= 4 is 17.5 Å². The number of amides is 2. The third kappa shape index (κ3) is 4.08. The standard InChI is InChI=1S/C22H26N4O4/c1-14-4-5-17(10-15(14)2)26-12-16(11-21(26)27)22(28)25-9-8-18(13-25)30-20-7-6-19(29-3)23-24-20/h4-7,10,16,18H,8-9,11-13H2,1-3H3. The fourth-order valence-electron chi connectivity index (χ4n) is 3.95. The van der Waals surface area contributed by atoms with Gasteiger partial charge in [-0.3, -0.25) is 9.59 Å². The Morgan fingerprint density at radius 2 is 1.83 bits per heavy atom. The summed E-state index contributed by atoms with van der Waals surface area (Å²) in [6.45, 7) is 5.59. The molecule has 8 nitrogen and oxygen atoms in total. The first-order valence-electron chi connectivity index (χ1n) is 10.2. The van der Waals surface area contributed by atoms with Gasteiger partial charge in [0.05, 0.1) is 19.6 Å². The van der Waals surface area contributed by atoms with Crippen LogP contribution in [0.1, 0.15) is 24.0 Å². The fraction of sp³-hybridized carbons (Fsp3) is 0.455. The van der Waals surface area contributed by atoms with Crippen LogP contribution in [0, 0.1) is 19.8 Å². The van der Waals surface area contributed by atoms with Gasteiger partial charge < -0.3 is 19.3 Å². The molecule has 30 heavy (non-hydrogen) atoms. The van der Waals surface area contributed by atoms with E-state index >= 15 is 0 Å². The summed E-state index contributed by atoms with van der Waals surface area (Å²) in [5, 5.41) is 7.87. The average Bonchev–Trinajstić information content (AvgIpc) is 3.37. The van der Waals surface area contributed by atoms with Crippen molar-refractivity contribution in [1.29, 1.82) is 0 Å². The number of methoxy groups -OCH3 is 1. The van der Waals surface area contributed by atoms with E-state index in [1.807, 2.05) is 32.0 Å². The van der Waals surface area contributed by atoms with Gasteiger partial charge in [0.15, 0.2) is 0 Å². The molecule has 0 N–H and O–H groups in total. The van der Waals surface area contributed by atoms with Crippen LogP contribution in [0.3, 0.4) is 0 Å². The van der Waals surface area contributed by atoms with Gasteiger partial charge >= 0.3 is 0 Å². The fourth-order valence-corrected chi connectivity index (χ4v) is 3.95. The van der Waals surface area contributed by atoms with E-state index in [1.54, 1.807) is 21.9 Å². The summed E-state index contributed by atoms with van der Waals surface area (Å²) in [6.07, 6.45) is 0.836. The van der Waals surface area contributed by atoms with E-state index in [0.717, 1.165) is 17.7 Å². The number of hydrogen-bond donors (Lipinski definition) is 0. The molecule has 0 aliphatic carbocycles. The smallest absolute Gasteiger partial charge is 0.233 e. The molecule has 1 aromatic carbocycles. The lowest BCUT2D eigenvalue weighted by atomic mass is 10.1. The van der Waals surface area contributed by atoms with Crippen molar-refractivity contribution in [2.24, 2.45) is 5.92 Å². The molecule has 8 heteroatoms. The minimum absolute atomic E-state index is 0.00268. The Balaban J connectivity index is 1.35. The SMILES string of the molecule is COc1ccc(OC2CCN(C(=O)C3CC(=O)N(c4ccc(C)c(C)c4)C3)C2)nn1. The van der Waals surface area contributed by atoms with Crippen LogP contribution >= 0.6 is 0 Å². The lowest BCUT2D eigenvalue weighted by Gasteiger charge is -2.21. The Labute approximate surface area is 175 Å². The molecule has 0 radical (unpaired) electrons. The van der Waals surface area contributed by atoms with Crippen molar-refractivity contribution in [2.45, 2.75) is 32.8 Å². The lowest BCUT2D eigenvalue weighted by molar-refractivity contribution is -0.135. The van der Waals surface area contributed by atoms with E-state index in [2.05, 4.69) is 10.2 Å². The quantitative estimate of drug-likeness (QED) is 0.751. The number of ether oxygens (including phenoxy) is 2. The Morgan fingerprint density at radius 1 is 1.07 bits per heavy atom. The Morgan fingerprint density at radius 3 is 2.53 bits per heavy atom. The topological polar surface area (TPSA) is 84.9 Å². The normalized spacial score (nSPS) is 21.2. The molecule has 0 bridgehead atoms. The zero-order valence-electron chi connectivity index (χ0n) is 17.5. The predicted molar refractivity (Wildman–Crippen MR) is 111 cm³/mol. The van der Waals surface area contributed by atoms with E-state index < -0.39 is 0 Å². The largest absolute Gasteiger partial charge is 0.480 e. The summed E-state index contributed by atoms with van der Waals surface area (Å²) in [5.74, 6) is 0.522. The summed E-state index contributed by atoms with van der Waals surface area (Å²) in [6, 6.07) is 9.36. The van der Waals surface area contributed by atoms with Gasteiger partial charge in [-0.05, 0) is 37.1 Å². The minimum atomic E-state index is -0.321. The number of rotatable bonds is 5. The highest BCUT2D eigenvalue weighted by atomic mass is 16.5. The Bertz CT molecular complexity index is 947. The van der Waals surface area contributed by atoms with Gasteiger partial charge in [0.2, 0.25) is 23.6 Å². The van der Waals surface area contributed by atoms with Crippen molar-refractivity contribution in [3.05, 3.63) is 41.5 Å². The maximum Gasteiger partial charge on any atom is 0.233 e. The van der Waals surface area contributed by atoms with Crippen molar-refractivity contribution in [2.75, 3.05) is 31.6 Å². The zero-order chi connectivity index (χ0) is 21.3. The van der Waals surface area contributed by atoms with Crippen LogP contribution < -0.4 is 14.4 Å². The molecule has 1 aromatic heterocycles. The van der Waals surface area contributed by atoms with Crippen LogP contribution in [-0.2, 0) is 9.59 Å². The monoisotopic (exact) mass is 410 g/mol. The second-order valence-electron chi connectivity index (χ2n) is 7.90. The molecule has 3 heterocycles. The van der Waals surface area contributed by atoms with E-state index in [4.69, 9.17) is 9.47 Å². The number of likely N-dealkylation sites (tertiary alicyclic amines) is 1. The third-order valence-corrected chi connectivity index (χ3v) is 5.85. The number of nitrogens with zero attached hydrogens (tertiary/aromatic N) is 4. The molecule has 2 unspecified atom stereocenters. The molecule has 4 rings (SSSR count). The number of aromatic nitrogens is 2. The first kappa shape index (κ1) is 20.1. The number of carbonyl (C=O) groups is 2. The minimum Gasteiger partial charge on any atom is -0.480 e. The second kappa shape index (κ2) is 8.30. The molecule has 2 atom stereocenters. The average molecular weight is 410 g/mol. The van der Waals surface area contributed by atoms with E-state index in [9.17, 15) is 9.59 Å². The van der Waals surface area contributed by atoms with Gasteiger partial charge in [-0.25, -0.2) is 0 Å². The molecule has 2 amide bonds. The molecular formula is C22H26N4O4. The highest BCUT2D eigenvalue weighted by Gasteiger charge is 2.39. The molecule has 2 aliphatic heterocycles. The second-order valence-corrected chi connectivity index (χ2v) is 7.90. The highest BCUT2D eigenvalue weighted by Crippen LogP contribution is 2.29. The summed E-state index contributed by atoms with van der Waals surface area (Å²) >= 11 is 0. The lowest BCUT2D eigenvalue weighted by Crippen LogP contribution is -2.37. The van der Waals surface area contributed by atoms with Gasteiger partial charge in [-0.2, -0.15) is 0 Å². The van der Waals surface area contributed by atoms with Crippen LogP contribution in [0.5, 0.6) is 11.8 Å². The van der Waals surface area contributed by atoms with Crippen molar-refractivity contribution in [3.63, 3.8) is 0 Å². The van der Waals surface area contributed by atoms with E-state index in [0.29, 0.717) is 31.4 Å². The van der Waals surface area contributed by atoms with Gasteiger partial charge in [0.25, 0.3) is 0 Å². The van der Waals surface area contributed by atoms with Crippen LogP contribution in [-0.4, -0.2) is 59.8 Å². The van der Waals surface area contributed by atoms with Crippen LogP contribution in [0.25, 0.3) is 0 Å². The maximum absolute atomic E-state index is 13.0. The van der Waals surface area contributed by atoms with Gasteiger partial charge in [0.1, 0.15) is 6.10 Å². The Kier molecular flexibility index (Phi) is 5.57. The highest BCUT2D eigenvalue weighted by molar-refractivity contribution is 6.00. The number of benzene rings is 1. The molecule has 2 fully saturated rings. The van der Waals surface area contributed by atoms with Gasteiger partial charge in [-0.1, -0.05) is 6.07 Å². The van der Waals surface area contributed by atoms with Crippen LogP contribution in [0.15, 0.2) is 30.3 Å². The maximum atomic E-state index is 13.0. The molecular weight excluding hydrogens is 384 g/mol. The summed E-state index contributed by atoms with van der Waals surface area (Å²) in [7, 11) is 1.53. The molecule has 158 valence electrons. The van der Waals surface area contributed by atoms with Gasteiger partial charge in [-0.15, -0.1) is 10.2 Å².